The van der Waals surface area contributed by atoms with E-state index in [9.17, 15) is 28.8 Å². The van der Waals surface area contributed by atoms with Crippen molar-refractivity contribution in [2.45, 2.75) is 78.6 Å². The molecule has 0 radical (unpaired) electrons. The summed E-state index contributed by atoms with van der Waals surface area (Å²) >= 11 is 0. The summed E-state index contributed by atoms with van der Waals surface area (Å²) in [5, 5.41) is 0. The van der Waals surface area contributed by atoms with Gasteiger partial charge >= 0.3 is 35.8 Å². The molecular weight excluding hydrogens is 997 g/mol. The van der Waals surface area contributed by atoms with E-state index in [0.29, 0.717) is 54.3 Å². The molecular formula is C63H60O15. The molecule has 0 spiro atoms. The van der Waals surface area contributed by atoms with Crippen molar-refractivity contribution in [1.82, 2.24) is 0 Å². The van der Waals surface area contributed by atoms with Gasteiger partial charge in [-0.15, -0.1) is 0 Å². The lowest BCUT2D eigenvalue weighted by Crippen LogP contribution is -2.19. The van der Waals surface area contributed by atoms with E-state index in [2.05, 4.69) is 20.8 Å². The minimum atomic E-state index is -1.06. The number of hydrogen-bond donors (Lipinski definition) is 0. The van der Waals surface area contributed by atoms with Crippen LogP contribution in [0.5, 0.6) is 51.7 Å². The van der Waals surface area contributed by atoms with Gasteiger partial charge < -0.3 is 42.6 Å². The number of unbranched alkanes of at least 4 members (excludes halogenated alkanes) is 6. The summed E-state index contributed by atoms with van der Waals surface area (Å²) in [4.78, 5) is 80.4. The van der Waals surface area contributed by atoms with Crippen LogP contribution in [0.2, 0.25) is 0 Å². The first-order chi connectivity index (χ1) is 38.0. The van der Waals surface area contributed by atoms with Crippen molar-refractivity contribution < 1.29 is 71.4 Å². The molecule has 0 aliphatic carbocycles. The predicted octanol–water partition coefficient (Wildman–Crippen LogP) is 13.7. The summed E-state index contributed by atoms with van der Waals surface area (Å²) in [5.41, 5.74) is -0.307. The third-order valence-electron chi connectivity index (χ3n) is 11.7. The number of esters is 6. The Morgan fingerprint density at radius 2 is 0.487 bits per heavy atom. The van der Waals surface area contributed by atoms with Crippen LogP contribution < -0.4 is 42.6 Å². The number of ether oxygens (including phenoxy) is 9. The third kappa shape index (κ3) is 17.1. The van der Waals surface area contributed by atoms with Gasteiger partial charge in [-0.2, -0.15) is 0 Å². The monoisotopic (exact) mass is 1060 g/mol. The molecule has 78 heavy (non-hydrogen) atoms. The second kappa shape index (κ2) is 29.2. The fourth-order valence-corrected chi connectivity index (χ4v) is 7.42. The summed E-state index contributed by atoms with van der Waals surface area (Å²) in [6.45, 7) is 8.11. The van der Waals surface area contributed by atoms with Gasteiger partial charge in [-0.3, -0.25) is 0 Å². The highest BCUT2D eigenvalue weighted by Gasteiger charge is 2.25. The zero-order chi connectivity index (χ0) is 55.1. The maximum atomic E-state index is 14.0. The normalized spacial score (nSPS) is 10.7. The fourth-order valence-electron chi connectivity index (χ4n) is 7.42. The zero-order valence-corrected chi connectivity index (χ0v) is 43.7. The van der Waals surface area contributed by atoms with Gasteiger partial charge in [0.15, 0.2) is 0 Å². The largest absolute Gasteiger partial charge is 0.494 e. The molecule has 0 aromatic heterocycles. The van der Waals surface area contributed by atoms with Gasteiger partial charge in [0, 0.05) is 0 Å². The first kappa shape index (κ1) is 56.5. The summed E-state index contributed by atoms with van der Waals surface area (Å²) in [6.07, 6.45) is 9.25. The van der Waals surface area contributed by atoms with Crippen molar-refractivity contribution in [3.05, 3.63) is 197 Å². The zero-order valence-electron chi connectivity index (χ0n) is 43.7. The van der Waals surface area contributed by atoms with Gasteiger partial charge in [0.05, 0.1) is 53.2 Å². The molecule has 0 saturated carbocycles. The van der Waals surface area contributed by atoms with Crippen molar-refractivity contribution in [2.24, 2.45) is 0 Å². The number of rotatable bonds is 27. The van der Waals surface area contributed by atoms with E-state index in [1.807, 2.05) is 0 Å². The van der Waals surface area contributed by atoms with E-state index in [4.69, 9.17) is 42.6 Å². The van der Waals surface area contributed by atoms with Crippen molar-refractivity contribution in [2.75, 3.05) is 19.8 Å². The van der Waals surface area contributed by atoms with Gasteiger partial charge in [-0.25, -0.2) is 28.8 Å². The standard InChI is InChI=1S/C63H60O15/c1-4-7-10-39-70-47-26-32-53(33-27-47)73-58(64)43-13-20-50(21-14-43)76-61(67)46-19-38-56(62(68)77-51-22-15-44(16-23-51)59(65)74-54-34-28-48(29-35-54)71-40-11-8-5-2)57(42-46)63(69)78-52-24-17-45(18-25-52)60(66)75-55-36-30-49(31-37-55)72-41-12-9-6-3/h13-38,42H,4-12,39-41H2,1-3H3. The Morgan fingerprint density at radius 3 is 0.782 bits per heavy atom. The molecule has 15 heteroatoms. The van der Waals surface area contributed by atoms with Crippen molar-refractivity contribution >= 4 is 35.8 Å². The molecule has 0 saturated heterocycles. The molecule has 0 bridgehead atoms. The van der Waals surface area contributed by atoms with Crippen LogP contribution >= 0.6 is 0 Å². The Labute approximate surface area is 452 Å². The fraction of sp³-hybridized carbons (Fsp3) is 0.238. The molecule has 0 amide bonds. The van der Waals surface area contributed by atoms with Crippen LogP contribution in [0.1, 0.15) is 141 Å². The van der Waals surface area contributed by atoms with E-state index in [1.54, 1.807) is 72.8 Å². The Bertz CT molecular complexity index is 3090. The molecule has 7 rings (SSSR count). The van der Waals surface area contributed by atoms with E-state index >= 15 is 0 Å². The second-order valence-electron chi connectivity index (χ2n) is 17.8. The third-order valence-corrected chi connectivity index (χ3v) is 11.7. The molecule has 0 unspecified atom stereocenters. The molecule has 0 heterocycles. The summed E-state index contributed by atoms with van der Waals surface area (Å²) in [7, 11) is 0. The van der Waals surface area contributed by atoms with Crippen LogP contribution in [0.25, 0.3) is 0 Å². The number of carbonyl (C=O) groups excluding carboxylic acids is 6. The molecule has 0 atom stereocenters. The smallest absolute Gasteiger partial charge is 0.344 e. The minimum absolute atomic E-state index is 0.00923. The Kier molecular flexibility index (Phi) is 21.1. The highest BCUT2D eigenvalue weighted by Crippen LogP contribution is 2.26. The van der Waals surface area contributed by atoms with Crippen molar-refractivity contribution in [1.29, 1.82) is 0 Å². The van der Waals surface area contributed by atoms with Gasteiger partial charge in [-0.05, 0) is 183 Å². The predicted molar refractivity (Wildman–Crippen MR) is 290 cm³/mol. The van der Waals surface area contributed by atoms with Crippen LogP contribution in [0.3, 0.4) is 0 Å². The molecule has 0 N–H and O–H groups in total. The van der Waals surface area contributed by atoms with Gasteiger partial charge in [0.2, 0.25) is 0 Å². The Balaban J connectivity index is 1.02. The number of benzene rings is 7. The molecule has 7 aromatic carbocycles. The lowest BCUT2D eigenvalue weighted by Gasteiger charge is -2.12. The summed E-state index contributed by atoms with van der Waals surface area (Å²) in [6, 6.07) is 40.4. The maximum absolute atomic E-state index is 14.0. The van der Waals surface area contributed by atoms with Crippen molar-refractivity contribution in [3.63, 3.8) is 0 Å². The quantitative estimate of drug-likeness (QED) is 0.0269. The van der Waals surface area contributed by atoms with Crippen LogP contribution in [-0.4, -0.2) is 55.6 Å². The van der Waals surface area contributed by atoms with Crippen LogP contribution in [0.4, 0.5) is 0 Å². The Morgan fingerprint density at radius 1 is 0.256 bits per heavy atom. The lowest BCUT2D eigenvalue weighted by atomic mass is 10.0. The second-order valence-corrected chi connectivity index (χ2v) is 17.8. The maximum Gasteiger partial charge on any atom is 0.344 e. The molecule has 0 aliphatic heterocycles. The molecule has 0 fully saturated rings. The van der Waals surface area contributed by atoms with E-state index in [-0.39, 0.29) is 50.6 Å². The topological polar surface area (TPSA) is 185 Å². The molecule has 15 nitrogen and oxygen atoms in total. The van der Waals surface area contributed by atoms with E-state index in [0.717, 1.165) is 63.9 Å². The highest BCUT2D eigenvalue weighted by atomic mass is 16.6. The van der Waals surface area contributed by atoms with E-state index < -0.39 is 35.8 Å². The average molecular weight is 1060 g/mol. The van der Waals surface area contributed by atoms with Crippen LogP contribution in [-0.2, 0) is 0 Å². The van der Waals surface area contributed by atoms with Gasteiger partial charge in [0.25, 0.3) is 0 Å². The Hall–Kier alpha value is -9.24. The number of carbonyl (C=O) groups is 6. The minimum Gasteiger partial charge on any atom is -0.494 e. The molecule has 402 valence electrons. The van der Waals surface area contributed by atoms with E-state index in [1.165, 1.54) is 84.9 Å². The SMILES string of the molecule is CCCCCOc1ccc(OC(=O)c2ccc(OC(=O)c3ccc(C(=O)Oc4ccc(C(=O)Oc5ccc(OCCCCC)cc5)cc4)c(C(=O)Oc4ccc(C(=O)Oc5ccc(OCCCCC)cc5)cc4)c3)cc2)cc1. The average Bonchev–Trinajstić information content (AvgIpc) is 3.47. The first-order valence-electron chi connectivity index (χ1n) is 25.9. The van der Waals surface area contributed by atoms with Crippen LogP contribution in [0.15, 0.2) is 164 Å². The van der Waals surface area contributed by atoms with Crippen LogP contribution in [0, 0.1) is 0 Å². The lowest BCUT2D eigenvalue weighted by molar-refractivity contribution is 0.0689. The summed E-state index contributed by atoms with van der Waals surface area (Å²) < 4.78 is 50.6. The highest BCUT2D eigenvalue weighted by molar-refractivity contribution is 6.06. The molecule has 7 aromatic rings. The summed E-state index contributed by atoms with van der Waals surface area (Å²) in [5.74, 6) is -1.99. The van der Waals surface area contributed by atoms with Gasteiger partial charge in [-0.1, -0.05) is 59.3 Å². The molecule has 0 aliphatic rings. The first-order valence-corrected chi connectivity index (χ1v) is 25.9. The number of hydrogen-bond acceptors (Lipinski definition) is 15. The van der Waals surface area contributed by atoms with Crippen molar-refractivity contribution in [3.8, 4) is 51.7 Å². The van der Waals surface area contributed by atoms with Gasteiger partial charge in [0.1, 0.15) is 51.7 Å².